The van der Waals surface area contributed by atoms with Gasteiger partial charge in [0.05, 0.1) is 25.2 Å². The smallest absolute Gasteiger partial charge is 0.333 e. The Morgan fingerprint density at radius 2 is 2.19 bits per heavy atom. The number of rotatable bonds is 3. The van der Waals surface area contributed by atoms with Crippen LogP contribution in [0.3, 0.4) is 0 Å². The molecule has 0 aromatic carbocycles. The Bertz CT molecular complexity index is 291. The predicted molar refractivity (Wildman–Crippen MR) is 56.4 cm³/mol. The third kappa shape index (κ3) is 2.05. The maximum absolute atomic E-state index is 11.1. The molecule has 2 unspecified atom stereocenters. The van der Waals surface area contributed by atoms with Gasteiger partial charge in [-0.25, -0.2) is 4.79 Å². The summed E-state index contributed by atoms with van der Waals surface area (Å²) in [5.41, 5.74) is -0.568. The lowest BCUT2D eigenvalue weighted by Crippen LogP contribution is -2.44. The maximum Gasteiger partial charge on any atom is 0.333 e. The third-order valence-corrected chi connectivity index (χ3v) is 3.21. The first-order chi connectivity index (χ1) is 7.40. The quantitative estimate of drug-likeness (QED) is 0.574. The average molecular weight is 230 g/mol. The van der Waals surface area contributed by atoms with Gasteiger partial charge in [-0.3, -0.25) is 0 Å². The Kier molecular flexibility index (Phi) is 3.60. The van der Waals surface area contributed by atoms with Crippen molar-refractivity contribution in [3.63, 3.8) is 0 Å². The predicted octanol–water partition coefficient (Wildman–Crippen LogP) is 0.825. The highest BCUT2D eigenvalue weighted by Crippen LogP contribution is 2.48. The Morgan fingerprint density at radius 1 is 1.56 bits per heavy atom. The van der Waals surface area contributed by atoms with Gasteiger partial charge in [-0.1, -0.05) is 6.92 Å². The lowest BCUT2D eigenvalue weighted by Gasteiger charge is -2.35. The zero-order valence-electron chi connectivity index (χ0n) is 10.1. The molecule has 92 valence electrons. The molecule has 0 bridgehead atoms. The van der Waals surface area contributed by atoms with E-state index in [2.05, 4.69) is 4.74 Å². The largest absolute Gasteiger partial charge is 0.466 e. The molecule has 0 aliphatic carbocycles. The van der Waals surface area contributed by atoms with Crippen LogP contribution in [0, 0.1) is 5.41 Å². The summed E-state index contributed by atoms with van der Waals surface area (Å²) in [6.45, 7) is 3.49. The molecule has 1 heterocycles. The summed E-state index contributed by atoms with van der Waals surface area (Å²) in [4.78, 5) is 11.1. The Morgan fingerprint density at radius 3 is 2.56 bits per heavy atom. The molecule has 5 heteroatoms. The minimum absolute atomic E-state index is 0.0874. The zero-order chi connectivity index (χ0) is 12.4. The van der Waals surface area contributed by atoms with E-state index in [4.69, 9.17) is 9.47 Å². The van der Waals surface area contributed by atoms with E-state index < -0.39 is 17.2 Å². The van der Waals surface area contributed by atoms with Crippen molar-refractivity contribution in [3.05, 3.63) is 11.8 Å². The molecule has 0 radical (unpaired) electrons. The molecule has 0 amide bonds. The number of aliphatic hydroxyl groups is 1. The van der Waals surface area contributed by atoms with Gasteiger partial charge in [0.2, 0.25) is 5.79 Å². The number of methoxy groups -OCH3 is 2. The number of allylic oxidation sites excluding steroid dienone is 1. The molecule has 0 spiro atoms. The van der Waals surface area contributed by atoms with E-state index in [1.54, 1.807) is 6.92 Å². The van der Waals surface area contributed by atoms with Gasteiger partial charge in [-0.2, -0.15) is 0 Å². The van der Waals surface area contributed by atoms with Gasteiger partial charge in [-0.15, -0.1) is 0 Å². The highest BCUT2D eigenvalue weighted by molar-refractivity contribution is 5.82. The van der Waals surface area contributed by atoms with Gasteiger partial charge in [0.25, 0.3) is 0 Å². The van der Waals surface area contributed by atoms with Crippen LogP contribution in [0.5, 0.6) is 0 Å². The molecule has 1 fully saturated rings. The van der Waals surface area contributed by atoms with Crippen molar-refractivity contribution in [2.24, 2.45) is 5.41 Å². The molecule has 5 nitrogen and oxygen atoms in total. The van der Waals surface area contributed by atoms with Gasteiger partial charge in [0.15, 0.2) is 0 Å². The summed E-state index contributed by atoms with van der Waals surface area (Å²) in [5, 5.41) is 9.40. The Balaban J connectivity index is 2.94. The van der Waals surface area contributed by atoms with E-state index in [0.29, 0.717) is 12.2 Å². The van der Waals surface area contributed by atoms with Crippen LogP contribution < -0.4 is 0 Å². The summed E-state index contributed by atoms with van der Waals surface area (Å²) in [6.07, 6.45) is 1.71. The van der Waals surface area contributed by atoms with Gasteiger partial charge < -0.3 is 19.3 Å². The van der Waals surface area contributed by atoms with Crippen molar-refractivity contribution in [1.29, 1.82) is 0 Å². The van der Waals surface area contributed by atoms with E-state index >= 15 is 0 Å². The van der Waals surface area contributed by atoms with Gasteiger partial charge in [-0.05, 0) is 0 Å². The van der Waals surface area contributed by atoms with E-state index in [1.165, 1.54) is 20.3 Å². The van der Waals surface area contributed by atoms with Gasteiger partial charge in [0.1, 0.15) is 5.76 Å². The first-order valence-corrected chi connectivity index (χ1v) is 5.04. The van der Waals surface area contributed by atoms with E-state index in [1.807, 2.05) is 6.92 Å². The molecule has 0 aromatic heterocycles. The summed E-state index contributed by atoms with van der Waals surface area (Å²) in [7, 11) is 2.81. The number of esters is 1. The van der Waals surface area contributed by atoms with Crippen LogP contribution >= 0.6 is 0 Å². The molecular formula is C11H18O5. The fraction of sp³-hybridized carbons (Fsp3) is 0.727. The molecule has 1 rings (SSSR count). The standard InChI is InChI=1S/C11H18O5/c1-10(7-12)6-8(5-9(13)14-3)16-11(10,2)15-4/h5,12H,6-7H2,1-4H3/b8-5-. The number of hydrogen-bond acceptors (Lipinski definition) is 5. The minimum Gasteiger partial charge on any atom is -0.466 e. The van der Waals surface area contributed by atoms with Crippen LogP contribution in [0.25, 0.3) is 0 Å². The molecule has 1 saturated heterocycles. The number of carbonyl (C=O) groups excluding carboxylic acids is 1. The fourth-order valence-electron chi connectivity index (χ4n) is 1.71. The van der Waals surface area contributed by atoms with Gasteiger partial charge >= 0.3 is 5.97 Å². The number of hydrogen-bond donors (Lipinski definition) is 1. The minimum atomic E-state index is -0.929. The normalized spacial score (nSPS) is 36.2. The molecular weight excluding hydrogens is 212 g/mol. The molecule has 2 atom stereocenters. The lowest BCUT2D eigenvalue weighted by atomic mass is 9.81. The summed E-state index contributed by atoms with van der Waals surface area (Å²) >= 11 is 0. The monoisotopic (exact) mass is 230 g/mol. The highest BCUT2D eigenvalue weighted by Gasteiger charge is 2.53. The Hall–Kier alpha value is -1.07. The van der Waals surface area contributed by atoms with Crippen molar-refractivity contribution < 1.29 is 24.1 Å². The second-order valence-electron chi connectivity index (χ2n) is 4.28. The second kappa shape index (κ2) is 4.43. The van der Waals surface area contributed by atoms with Crippen LogP contribution in [0.2, 0.25) is 0 Å². The van der Waals surface area contributed by atoms with E-state index in [0.717, 1.165) is 0 Å². The topological polar surface area (TPSA) is 65.0 Å². The zero-order valence-corrected chi connectivity index (χ0v) is 10.1. The fourth-order valence-corrected chi connectivity index (χ4v) is 1.71. The number of ether oxygens (including phenoxy) is 3. The highest BCUT2D eigenvalue weighted by atomic mass is 16.7. The van der Waals surface area contributed by atoms with Crippen LogP contribution in [0.15, 0.2) is 11.8 Å². The summed E-state index contributed by atoms with van der Waals surface area (Å²) in [6, 6.07) is 0. The second-order valence-corrected chi connectivity index (χ2v) is 4.28. The van der Waals surface area contributed by atoms with E-state index in [9.17, 15) is 9.90 Å². The number of carbonyl (C=O) groups is 1. The molecule has 1 aliphatic heterocycles. The van der Waals surface area contributed by atoms with Crippen molar-refractivity contribution in [2.45, 2.75) is 26.1 Å². The summed E-state index contributed by atoms with van der Waals surface area (Å²) < 4.78 is 15.3. The first-order valence-electron chi connectivity index (χ1n) is 5.04. The average Bonchev–Trinajstić information content (AvgIpc) is 2.52. The molecule has 0 saturated carbocycles. The number of aliphatic hydroxyl groups excluding tert-OH is 1. The van der Waals surface area contributed by atoms with E-state index in [-0.39, 0.29) is 6.61 Å². The maximum atomic E-state index is 11.1. The van der Waals surface area contributed by atoms with Crippen LogP contribution in [-0.2, 0) is 19.0 Å². The van der Waals surface area contributed by atoms with Crippen LogP contribution in [-0.4, -0.2) is 37.7 Å². The van der Waals surface area contributed by atoms with Gasteiger partial charge in [0, 0.05) is 20.5 Å². The summed E-state index contributed by atoms with van der Waals surface area (Å²) in [5.74, 6) is -0.940. The van der Waals surface area contributed by atoms with Crippen molar-refractivity contribution in [3.8, 4) is 0 Å². The molecule has 1 N–H and O–H groups in total. The van der Waals surface area contributed by atoms with Crippen LogP contribution in [0.4, 0.5) is 0 Å². The van der Waals surface area contributed by atoms with Crippen LogP contribution in [0.1, 0.15) is 20.3 Å². The SMILES string of the molecule is COC(=O)/C=C1/CC(C)(CO)C(C)(OC)O1. The molecule has 16 heavy (non-hydrogen) atoms. The third-order valence-electron chi connectivity index (χ3n) is 3.21. The Labute approximate surface area is 95.0 Å². The molecule has 1 aliphatic rings. The van der Waals surface area contributed by atoms with Crippen molar-refractivity contribution in [1.82, 2.24) is 0 Å². The molecule has 0 aromatic rings. The van der Waals surface area contributed by atoms with Crippen molar-refractivity contribution in [2.75, 3.05) is 20.8 Å². The van der Waals surface area contributed by atoms with Crippen molar-refractivity contribution >= 4 is 5.97 Å². The lowest BCUT2D eigenvalue weighted by molar-refractivity contribution is -0.226. The first kappa shape index (κ1) is 13.0.